The third-order valence-corrected chi connectivity index (χ3v) is 7.62. The van der Waals surface area contributed by atoms with E-state index in [-0.39, 0.29) is 17.3 Å². The van der Waals surface area contributed by atoms with Crippen LogP contribution in [-0.4, -0.2) is 44.8 Å². The molecule has 2 amide bonds. The molecule has 1 atom stereocenters. The fraction of sp³-hybridized carbons (Fsp3) is 0.259. The van der Waals surface area contributed by atoms with Crippen molar-refractivity contribution in [3.05, 3.63) is 95.6 Å². The first-order valence-corrected chi connectivity index (χ1v) is 12.8. The van der Waals surface area contributed by atoms with Gasteiger partial charge in [-0.3, -0.25) is 13.9 Å². The Hall–Kier alpha value is -3.65. The Morgan fingerprint density at radius 1 is 0.914 bits per heavy atom. The van der Waals surface area contributed by atoms with Gasteiger partial charge in [0.1, 0.15) is 12.6 Å². The first kappa shape index (κ1) is 26.0. The summed E-state index contributed by atoms with van der Waals surface area (Å²) in [6, 6.07) is 21.9. The summed E-state index contributed by atoms with van der Waals surface area (Å²) in [5.74, 6) is -0.815. The van der Waals surface area contributed by atoms with E-state index in [1.807, 2.05) is 37.3 Å². The quantitative estimate of drug-likeness (QED) is 0.493. The number of rotatable bonds is 9. The van der Waals surface area contributed by atoms with Crippen molar-refractivity contribution >= 4 is 27.5 Å². The van der Waals surface area contributed by atoms with Crippen molar-refractivity contribution in [1.29, 1.82) is 0 Å². The van der Waals surface area contributed by atoms with Crippen LogP contribution in [0.1, 0.15) is 23.6 Å². The highest BCUT2D eigenvalue weighted by molar-refractivity contribution is 7.92. The third kappa shape index (κ3) is 6.08. The molecule has 0 heterocycles. The van der Waals surface area contributed by atoms with Gasteiger partial charge < -0.3 is 10.2 Å². The van der Waals surface area contributed by atoms with Crippen molar-refractivity contribution in [3.8, 4) is 0 Å². The highest BCUT2D eigenvalue weighted by atomic mass is 32.2. The van der Waals surface area contributed by atoms with E-state index in [2.05, 4.69) is 5.32 Å². The van der Waals surface area contributed by atoms with Gasteiger partial charge in [0, 0.05) is 13.6 Å². The Morgan fingerprint density at radius 2 is 1.57 bits per heavy atom. The topological polar surface area (TPSA) is 86.8 Å². The van der Waals surface area contributed by atoms with Gasteiger partial charge in [0.15, 0.2) is 0 Å². The molecule has 3 aromatic rings. The zero-order chi connectivity index (χ0) is 25.6. The average molecular weight is 494 g/mol. The number of aryl methyl sites for hydroxylation is 2. The summed E-state index contributed by atoms with van der Waals surface area (Å²) in [5.41, 5.74) is 3.00. The summed E-state index contributed by atoms with van der Waals surface area (Å²) in [7, 11) is -2.54. The van der Waals surface area contributed by atoms with Crippen LogP contribution in [0.15, 0.2) is 83.8 Å². The molecule has 35 heavy (non-hydrogen) atoms. The van der Waals surface area contributed by atoms with E-state index in [1.54, 1.807) is 50.2 Å². The minimum Gasteiger partial charge on any atom is -0.357 e. The molecule has 0 spiro atoms. The number of nitrogens with one attached hydrogen (secondary N) is 1. The minimum atomic E-state index is -4.05. The number of para-hydroxylation sites is 1. The van der Waals surface area contributed by atoms with Gasteiger partial charge in [-0.05, 0) is 50.1 Å². The lowest BCUT2D eigenvalue weighted by molar-refractivity contribution is -0.139. The fourth-order valence-corrected chi connectivity index (χ4v) is 5.37. The Balaban J connectivity index is 2.04. The second kappa shape index (κ2) is 11.2. The van der Waals surface area contributed by atoms with Gasteiger partial charge in [-0.1, -0.05) is 66.2 Å². The highest BCUT2D eigenvalue weighted by Gasteiger charge is 2.32. The summed E-state index contributed by atoms with van der Waals surface area (Å²) in [6.45, 7) is 5.10. The predicted molar refractivity (Wildman–Crippen MR) is 137 cm³/mol. The number of benzene rings is 3. The Labute approximate surface area is 207 Å². The number of sulfonamides is 1. The van der Waals surface area contributed by atoms with Crippen molar-refractivity contribution in [2.24, 2.45) is 0 Å². The van der Waals surface area contributed by atoms with Gasteiger partial charge in [0.2, 0.25) is 11.8 Å². The number of nitrogens with zero attached hydrogens (tertiary/aromatic N) is 2. The molecule has 0 aliphatic carbocycles. The Morgan fingerprint density at radius 3 is 2.20 bits per heavy atom. The molecule has 0 radical (unpaired) electrons. The molecule has 0 aromatic heterocycles. The number of anilines is 1. The second-order valence-electron chi connectivity index (χ2n) is 8.41. The first-order chi connectivity index (χ1) is 16.6. The molecule has 3 aromatic carbocycles. The van der Waals surface area contributed by atoms with Crippen LogP contribution >= 0.6 is 0 Å². The van der Waals surface area contributed by atoms with Crippen molar-refractivity contribution in [2.45, 2.75) is 38.3 Å². The summed E-state index contributed by atoms with van der Waals surface area (Å²) in [6.07, 6.45) is 0. The van der Waals surface area contributed by atoms with Crippen molar-refractivity contribution in [1.82, 2.24) is 10.2 Å². The molecule has 0 saturated heterocycles. The molecule has 1 N–H and O–H groups in total. The van der Waals surface area contributed by atoms with Crippen molar-refractivity contribution < 1.29 is 18.0 Å². The normalized spacial score (nSPS) is 12.0. The van der Waals surface area contributed by atoms with E-state index in [4.69, 9.17) is 0 Å². The molecule has 0 saturated carbocycles. The second-order valence-corrected chi connectivity index (χ2v) is 10.3. The summed E-state index contributed by atoms with van der Waals surface area (Å²) in [4.78, 5) is 27.7. The van der Waals surface area contributed by atoms with Crippen LogP contribution in [0.3, 0.4) is 0 Å². The van der Waals surface area contributed by atoms with Crippen LogP contribution in [0, 0.1) is 13.8 Å². The fourth-order valence-electron chi connectivity index (χ4n) is 3.87. The molecule has 0 aliphatic heterocycles. The van der Waals surface area contributed by atoms with E-state index in [9.17, 15) is 18.0 Å². The van der Waals surface area contributed by atoms with Crippen LogP contribution in [0.2, 0.25) is 0 Å². The molecular weight excluding hydrogens is 462 g/mol. The molecule has 0 bridgehead atoms. The SMILES string of the molecule is CNC(=O)C(C)N(Cc1cccc(C)c1)C(=O)CN(c1ccccc1C)S(=O)(=O)c1ccccc1. The van der Waals surface area contributed by atoms with Gasteiger partial charge in [0.25, 0.3) is 10.0 Å². The lowest BCUT2D eigenvalue weighted by Gasteiger charge is -2.32. The molecule has 1 unspecified atom stereocenters. The van der Waals surface area contributed by atoms with Gasteiger partial charge in [0.05, 0.1) is 10.6 Å². The number of likely N-dealkylation sites (N-methyl/N-ethyl adjacent to an activating group) is 1. The minimum absolute atomic E-state index is 0.0839. The first-order valence-electron chi connectivity index (χ1n) is 11.3. The number of carbonyl (C=O) groups is 2. The van der Waals surface area contributed by atoms with Gasteiger partial charge >= 0.3 is 0 Å². The summed E-state index contributed by atoms with van der Waals surface area (Å²) >= 11 is 0. The van der Waals surface area contributed by atoms with E-state index in [0.29, 0.717) is 11.3 Å². The predicted octanol–water partition coefficient (Wildman–Crippen LogP) is 3.66. The highest BCUT2D eigenvalue weighted by Crippen LogP contribution is 2.27. The maximum Gasteiger partial charge on any atom is 0.264 e. The number of carbonyl (C=O) groups excluding carboxylic acids is 2. The maximum absolute atomic E-state index is 13.7. The van der Waals surface area contributed by atoms with Crippen LogP contribution in [0.4, 0.5) is 5.69 Å². The summed E-state index contributed by atoms with van der Waals surface area (Å²) in [5, 5.41) is 2.58. The smallest absolute Gasteiger partial charge is 0.264 e. The average Bonchev–Trinajstić information content (AvgIpc) is 2.85. The van der Waals surface area contributed by atoms with E-state index in [1.165, 1.54) is 24.1 Å². The van der Waals surface area contributed by atoms with E-state index >= 15 is 0 Å². The van der Waals surface area contributed by atoms with Crippen LogP contribution in [-0.2, 0) is 26.2 Å². The molecule has 0 aliphatic rings. The molecular formula is C27H31N3O4S. The molecule has 7 nitrogen and oxygen atoms in total. The van der Waals surface area contributed by atoms with Crippen LogP contribution in [0.25, 0.3) is 0 Å². The number of amides is 2. The lowest BCUT2D eigenvalue weighted by Crippen LogP contribution is -2.50. The van der Waals surface area contributed by atoms with Crippen LogP contribution in [0.5, 0.6) is 0 Å². The van der Waals surface area contributed by atoms with E-state index in [0.717, 1.165) is 15.4 Å². The zero-order valence-electron chi connectivity index (χ0n) is 20.4. The maximum atomic E-state index is 13.7. The standard InChI is InChI=1S/C27H31N3O4S/c1-20-11-10-13-23(17-20)18-29(22(3)27(32)28-4)26(31)19-30(25-16-9-8-12-21(25)2)35(33,34)24-14-6-5-7-15-24/h5-17,22H,18-19H2,1-4H3,(H,28,32). The largest absolute Gasteiger partial charge is 0.357 e. The molecule has 0 fully saturated rings. The van der Waals surface area contributed by atoms with Gasteiger partial charge in [-0.15, -0.1) is 0 Å². The lowest BCUT2D eigenvalue weighted by atomic mass is 10.1. The van der Waals surface area contributed by atoms with Crippen molar-refractivity contribution in [2.75, 3.05) is 17.9 Å². The Bertz CT molecular complexity index is 1290. The summed E-state index contributed by atoms with van der Waals surface area (Å²) < 4.78 is 28.5. The number of hydrogen-bond acceptors (Lipinski definition) is 4. The third-order valence-electron chi connectivity index (χ3n) is 5.84. The monoisotopic (exact) mass is 493 g/mol. The Kier molecular flexibility index (Phi) is 8.30. The van der Waals surface area contributed by atoms with Gasteiger partial charge in [-0.2, -0.15) is 0 Å². The molecule has 3 rings (SSSR count). The van der Waals surface area contributed by atoms with Gasteiger partial charge in [-0.25, -0.2) is 8.42 Å². The van der Waals surface area contributed by atoms with Crippen LogP contribution < -0.4 is 9.62 Å². The van der Waals surface area contributed by atoms with E-state index < -0.39 is 28.5 Å². The molecule has 184 valence electrons. The number of hydrogen-bond donors (Lipinski definition) is 1. The zero-order valence-corrected chi connectivity index (χ0v) is 21.2. The van der Waals surface area contributed by atoms with Crippen molar-refractivity contribution in [3.63, 3.8) is 0 Å². The molecule has 8 heteroatoms.